The number of methoxy groups -OCH3 is 1. The fraction of sp³-hybridized carbons (Fsp3) is 0.727. The van der Waals surface area contributed by atoms with Crippen molar-refractivity contribution in [3.8, 4) is 0 Å². The number of likely N-dealkylation sites (tertiary alicyclic amines) is 2. The number of carboxylic acids is 2. The smallest absolute Gasteiger partial charge is 0.475 e. The molecule has 4 heterocycles. The Labute approximate surface area is 236 Å². The Morgan fingerprint density at radius 3 is 1.95 bits per heavy atom. The predicted molar refractivity (Wildman–Crippen MR) is 129 cm³/mol. The van der Waals surface area contributed by atoms with Crippen LogP contribution in [0.1, 0.15) is 12.8 Å². The maximum atomic E-state index is 12.9. The van der Waals surface area contributed by atoms with Crippen LogP contribution in [0.3, 0.4) is 0 Å². The molecule has 2 N–H and O–H groups in total. The van der Waals surface area contributed by atoms with E-state index in [4.69, 9.17) is 24.5 Å². The largest absolute Gasteiger partial charge is 0.490 e. The fourth-order valence-electron chi connectivity index (χ4n) is 5.27. The molecule has 0 radical (unpaired) electrons. The summed E-state index contributed by atoms with van der Waals surface area (Å²) >= 11 is 0. The minimum Gasteiger partial charge on any atom is -0.475 e. The van der Waals surface area contributed by atoms with Crippen molar-refractivity contribution >= 4 is 27.9 Å². The molecular formula is C22H31F6N5O8S. The van der Waals surface area contributed by atoms with E-state index >= 15 is 0 Å². The Balaban J connectivity index is 0.000000367. The molecule has 2 atom stereocenters. The minimum absolute atomic E-state index is 0.0146. The summed E-state index contributed by atoms with van der Waals surface area (Å²) in [4.78, 5) is 38.9. The van der Waals surface area contributed by atoms with E-state index in [-0.39, 0.29) is 28.3 Å². The highest BCUT2D eigenvalue weighted by molar-refractivity contribution is 7.89. The van der Waals surface area contributed by atoms with Crippen LogP contribution in [0.15, 0.2) is 17.6 Å². The monoisotopic (exact) mass is 639 g/mol. The van der Waals surface area contributed by atoms with E-state index in [1.807, 2.05) is 11.9 Å². The highest BCUT2D eigenvalue weighted by atomic mass is 32.2. The number of amides is 1. The quantitative estimate of drug-likeness (QED) is 0.443. The van der Waals surface area contributed by atoms with Crippen molar-refractivity contribution in [1.82, 2.24) is 23.7 Å². The molecular weight excluding hydrogens is 608 g/mol. The van der Waals surface area contributed by atoms with Crippen LogP contribution in [-0.4, -0.2) is 132 Å². The highest BCUT2D eigenvalue weighted by Crippen LogP contribution is 2.49. The van der Waals surface area contributed by atoms with E-state index in [2.05, 4.69) is 9.88 Å². The summed E-state index contributed by atoms with van der Waals surface area (Å²) in [5.41, 5.74) is -0.250. The van der Waals surface area contributed by atoms with Gasteiger partial charge in [-0.15, -0.1) is 0 Å². The van der Waals surface area contributed by atoms with Gasteiger partial charge in [0.2, 0.25) is 5.91 Å². The topological polar surface area (TPSA) is 163 Å². The van der Waals surface area contributed by atoms with Gasteiger partial charge < -0.3 is 24.4 Å². The molecule has 3 aliphatic heterocycles. The van der Waals surface area contributed by atoms with Gasteiger partial charge >= 0.3 is 24.3 Å². The lowest BCUT2D eigenvalue weighted by Crippen LogP contribution is -2.56. The number of piperidine rings is 1. The van der Waals surface area contributed by atoms with Crippen molar-refractivity contribution in [1.29, 1.82) is 0 Å². The molecule has 4 rings (SSSR count). The summed E-state index contributed by atoms with van der Waals surface area (Å²) in [6.45, 7) is 3.96. The molecule has 0 bridgehead atoms. The van der Waals surface area contributed by atoms with Crippen molar-refractivity contribution < 1.29 is 64.1 Å². The number of aromatic nitrogens is 2. The van der Waals surface area contributed by atoms with Crippen LogP contribution in [0.2, 0.25) is 0 Å². The third-order valence-electron chi connectivity index (χ3n) is 7.37. The van der Waals surface area contributed by atoms with Crippen LogP contribution in [0.4, 0.5) is 26.3 Å². The first-order valence-electron chi connectivity index (χ1n) is 12.3. The van der Waals surface area contributed by atoms with Gasteiger partial charge in [-0.1, -0.05) is 0 Å². The molecule has 3 aliphatic rings. The lowest BCUT2D eigenvalue weighted by molar-refractivity contribution is -0.193. The molecule has 3 fully saturated rings. The first-order valence-corrected chi connectivity index (χ1v) is 13.7. The van der Waals surface area contributed by atoms with Crippen LogP contribution in [0.25, 0.3) is 0 Å². The van der Waals surface area contributed by atoms with Gasteiger partial charge in [0.1, 0.15) is 0 Å². The first kappa shape index (κ1) is 35.2. The van der Waals surface area contributed by atoms with Crippen molar-refractivity contribution in [2.45, 2.75) is 35.8 Å². The fourth-order valence-corrected chi connectivity index (χ4v) is 6.68. The second kappa shape index (κ2) is 13.1. The predicted octanol–water partition coefficient (Wildman–Crippen LogP) is 0.876. The third kappa shape index (κ3) is 7.90. The van der Waals surface area contributed by atoms with Gasteiger partial charge in [0.05, 0.1) is 18.9 Å². The lowest BCUT2D eigenvalue weighted by Gasteiger charge is -2.46. The van der Waals surface area contributed by atoms with E-state index in [1.54, 1.807) is 18.7 Å². The van der Waals surface area contributed by atoms with Crippen molar-refractivity contribution in [3.63, 3.8) is 0 Å². The number of halogens is 6. The summed E-state index contributed by atoms with van der Waals surface area (Å²) < 4.78 is 97.6. The molecule has 240 valence electrons. The van der Waals surface area contributed by atoms with E-state index < -0.39 is 34.3 Å². The van der Waals surface area contributed by atoms with Crippen molar-refractivity contribution in [3.05, 3.63) is 12.5 Å². The minimum atomic E-state index is -5.08. The van der Waals surface area contributed by atoms with Crippen LogP contribution >= 0.6 is 0 Å². The summed E-state index contributed by atoms with van der Waals surface area (Å²) in [5, 5.41) is 14.3. The third-order valence-corrected chi connectivity index (χ3v) is 9.16. The number of ether oxygens (including phenoxy) is 1. The second-order valence-electron chi connectivity index (χ2n) is 9.85. The van der Waals surface area contributed by atoms with Gasteiger partial charge in [-0.25, -0.2) is 23.0 Å². The number of carboxylic acid groups (broad SMARTS) is 2. The van der Waals surface area contributed by atoms with E-state index in [1.165, 1.54) is 16.8 Å². The van der Waals surface area contributed by atoms with Crippen LogP contribution in [0.5, 0.6) is 0 Å². The number of aliphatic carboxylic acids is 2. The van der Waals surface area contributed by atoms with Gasteiger partial charge in [0.25, 0.3) is 10.0 Å². The summed E-state index contributed by atoms with van der Waals surface area (Å²) in [6, 6.07) is 0. The maximum absolute atomic E-state index is 12.9. The van der Waals surface area contributed by atoms with Crippen LogP contribution < -0.4 is 0 Å². The number of nitrogens with zero attached hydrogens (tertiary/aromatic N) is 5. The molecule has 0 unspecified atom stereocenters. The number of sulfonamides is 1. The van der Waals surface area contributed by atoms with E-state index in [9.17, 15) is 39.6 Å². The second-order valence-corrected chi connectivity index (χ2v) is 11.7. The van der Waals surface area contributed by atoms with Gasteiger partial charge in [-0.2, -0.15) is 30.6 Å². The van der Waals surface area contributed by atoms with Gasteiger partial charge in [-0.05, 0) is 12.8 Å². The molecule has 3 saturated heterocycles. The number of hydrogen-bond donors (Lipinski definition) is 2. The molecule has 1 aromatic heterocycles. The average molecular weight is 640 g/mol. The number of hydrogen-bond acceptors (Lipinski definition) is 8. The average Bonchev–Trinajstić information content (AvgIpc) is 3.57. The molecule has 42 heavy (non-hydrogen) atoms. The molecule has 1 amide bonds. The zero-order valence-corrected chi connectivity index (χ0v) is 23.5. The van der Waals surface area contributed by atoms with Gasteiger partial charge in [0, 0.05) is 71.6 Å². The SMILES string of the molecule is COCCN1C[C@@H]2C(=O)N(C)C3(CCN(S(=O)(=O)c4cn(C)cn4)CC3)[C@@H]2C1.O=C(O)C(F)(F)F.O=C(O)C(F)(F)F. The lowest BCUT2D eigenvalue weighted by atomic mass is 9.75. The maximum Gasteiger partial charge on any atom is 0.490 e. The van der Waals surface area contributed by atoms with E-state index in [0.717, 1.165) is 19.6 Å². The summed E-state index contributed by atoms with van der Waals surface area (Å²) in [7, 11) is 1.75. The molecule has 0 aromatic carbocycles. The van der Waals surface area contributed by atoms with E-state index in [0.29, 0.717) is 32.5 Å². The Morgan fingerprint density at radius 2 is 1.55 bits per heavy atom. The number of imidazole rings is 1. The number of alkyl halides is 6. The molecule has 13 nitrogen and oxygen atoms in total. The molecule has 0 aliphatic carbocycles. The normalized spacial score (nSPS) is 22.7. The summed E-state index contributed by atoms with van der Waals surface area (Å²) in [6.07, 6.45) is -5.80. The molecule has 1 spiro atoms. The number of rotatable bonds is 5. The van der Waals surface area contributed by atoms with Crippen molar-refractivity contribution in [2.75, 3.05) is 53.5 Å². The zero-order chi connectivity index (χ0) is 32.3. The highest BCUT2D eigenvalue weighted by Gasteiger charge is 2.60. The van der Waals surface area contributed by atoms with Gasteiger partial charge in [0.15, 0.2) is 5.03 Å². The number of aryl methyl sites for hydroxylation is 1. The first-order chi connectivity index (χ1) is 19.2. The van der Waals surface area contributed by atoms with Crippen LogP contribution in [-0.2, 0) is 36.2 Å². The van der Waals surface area contributed by atoms with Gasteiger partial charge in [-0.3, -0.25) is 9.69 Å². The Hall–Kier alpha value is -2.97. The number of carbonyl (C=O) groups excluding carboxylic acids is 1. The molecule has 0 saturated carbocycles. The van der Waals surface area contributed by atoms with Crippen LogP contribution in [0, 0.1) is 11.8 Å². The number of carbonyl (C=O) groups is 3. The summed E-state index contributed by atoms with van der Waals surface area (Å²) in [5.74, 6) is -5.05. The Morgan fingerprint density at radius 1 is 1.05 bits per heavy atom. The van der Waals surface area contributed by atoms with Crippen molar-refractivity contribution in [2.24, 2.45) is 18.9 Å². The molecule has 1 aromatic rings. The molecule has 20 heteroatoms. The Bertz CT molecular complexity index is 1210. The number of fused-ring (bicyclic) bond motifs is 2. The zero-order valence-electron chi connectivity index (χ0n) is 22.7. The standard InChI is InChI=1S/C18H29N5O4S.2C2HF3O2/c1-20-12-16(19-13-20)28(25,26)23-6-4-18(5-7-23)15-11-22(8-9-27-3)10-14(15)17(24)21(18)2;2*3-2(4,5)1(6)7/h12-15H,4-11H2,1-3H3;2*(H,6,7)/t14-,15+;;/m0../s1. The Kier molecular flexibility index (Phi) is 11.0.